The summed E-state index contributed by atoms with van der Waals surface area (Å²) in [4.78, 5) is 23.8. The standard InChI is InChI=1S/C20H26N2O4/c1-15-9-12-22(20(24)13-15)11-4-10-21-19(23)8-6-16-5-7-17(25-2)18(14-16)26-3/h5,7,9,12-14H,4,6,8,10-11H2,1-3H3,(H,21,23). The summed E-state index contributed by atoms with van der Waals surface area (Å²) in [5.74, 6) is 1.33. The Labute approximate surface area is 153 Å². The summed E-state index contributed by atoms with van der Waals surface area (Å²) in [6.07, 6.45) is 3.53. The van der Waals surface area contributed by atoms with E-state index < -0.39 is 0 Å². The third-order valence-electron chi connectivity index (χ3n) is 4.14. The van der Waals surface area contributed by atoms with E-state index in [0.717, 1.165) is 11.1 Å². The van der Waals surface area contributed by atoms with Crippen molar-refractivity contribution in [1.29, 1.82) is 0 Å². The van der Waals surface area contributed by atoms with Crippen molar-refractivity contribution in [2.75, 3.05) is 20.8 Å². The SMILES string of the molecule is COc1ccc(CCC(=O)NCCCn2ccc(C)cc2=O)cc1OC. The second-order valence-corrected chi connectivity index (χ2v) is 6.13. The van der Waals surface area contributed by atoms with Gasteiger partial charge < -0.3 is 19.4 Å². The van der Waals surface area contributed by atoms with Crippen LogP contribution in [-0.2, 0) is 17.8 Å². The van der Waals surface area contributed by atoms with Crippen LogP contribution < -0.4 is 20.3 Å². The van der Waals surface area contributed by atoms with Crippen LogP contribution in [0.25, 0.3) is 0 Å². The molecule has 0 aliphatic heterocycles. The highest BCUT2D eigenvalue weighted by Gasteiger charge is 2.07. The average Bonchev–Trinajstić information content (AvgIpc) is 2.64. The summed E-state index contributed by atoms with van der Waals surface area (Å²) in [5.41, 5.74) is 1.96. The first-order valence-corrected chi connectivity index (χ1v) is 8.68. The third kappa shape index (κ3) is 5.65. The molecule has 1 N–H and O–H groups in total. The second-order valence-electron chi connectivity index (χ2n) is 6.13. The number of aryl methyl sites for hydroxylation is 3. The van der Waals surface area contributed by atoms with Gasteiger partial charge in [0.2, 0.25) is 5.91 Å². The van der Waals surface area contributed by atoms with Gasteiger partial charge in [-0.1, -0.05) is 6.07 Å². The monoisotopic (exact) mass is 358 g/mol. The van der Waals surface area contributed by atoms with Gasteiger partial charge >= 0.3 is 0 Å². The highest BCUT2D eigenvalue weighted by Crippen LogP contribution is 2.27. The van der Waals surface area contributed by atoms with Crippen LogP contribution in [0.3, 0.4) is 0 Å². The van der Waals surface area contributed by atoms with Gasteiger partial charge in [-0.05, 0) is 49.1 Å². The Morgan fingerprint density at radius 3 is 2.58 bits per heavy atom. The van der Waals surface area contributed by atoms with Gasteiger partial charge in [0, 0.05) is 31.8 Å². The number of hydrogen-bond acceptors (Lipinski definition) is 4. The number of benzene rings is 1. The lowest BCUT2D eigenvalue weighted by Gasteiger charge is -2.10. The number of methoxy groups -OCH3 is 2. The summed E-state index contributed by atoms with van der Waals surface area (Å²) in [6.45, 7) is 3.03. The van der Waals surface area contributed by atoms with E-state index in [9.17, 15) is 9.59 Å². The van der Waals surface area contributed by atoms with E-state index in [2.05, 4.69) is 5.32 Å². The van der Waals surface area contributed by atoms with Gasteiger partial charge in [0.1, 0.15) is 0 Å². The summed E-state index contributed by atoms with van der Waals surface area (Å²) in [5, 5.41) is 2.89. The molecular weight excluding hydrogens is 332 g/mol. The van der Waals surface area contributed by atoms with Gasteiger partial charge in [-0.2, -0.15) is 0 Å². The molecule has 0 radical (unpaired) electrons. The normalized spacial score (nSPS) is 10.4. The molecule has 0 saturated heterocycles. The van der Waals surface area contributed by atoms with Gasteiger partial charge in [0.25, 0.3) is 5.56 Å². The van der Waals surface area contributed by atoms with Gasteiger partial charge in [-0.15, -0.1) is 0 Å². The second kappa shape index (κ2) is 9.65. The lowest BCUT2D eigenvalue weighted by Crippen LogP contribution is -2.27. The highest BCUT2D eigenvalue weighted by molar-refractivity contribution is 5.76. The number of carbonyl (C=O) groups excluding carboxylic acids is 1. The van der Waals surface area contributed by atoms with Crippen LogP contribution in [0.4, 0.5) is 0 Å². The molecule has 2 aromatic rings. The molecule has 0 fully saturated rings. The van der Waals surface area contributed by atoms with E-state index in [1.165, 1.54) is 0 Å². The smallest absolute Gasteiger partial charge is 0.250 e. The average molecular weight is 358 g/mol. The minimum atomic E-state index is -0.00946. The number of carbonyl (C=O) groups is 1. The van der Waals surface area contributed by atoms with E-state index >= 15 is 0 Å². The maximum Gasteiger partial charge on any atom is 0.250 e. The highest BCUT2D eigenvalue weighted by atomic mass is 16.5. The summed E-state index contributed by atoms with van der Waals surface area (Å²) < 4.78 is 12.1. The number of nitrogens with zero attached hydrogens (tertiary/aromatic N) is 1. The molecule has 0 aliphatic carbocycles. The third-order valence-corrected chi connectivity index (χ3v) is 4.14. The first-order chi connectivity index (χ1) is 12.5. The molecule has 6 nitrogen and oxygen atoms in total. The van der Waals surface area contributed by atoms with Crippen LogP contribution in [-0.4, -0.2) is 31.2 Å². The Hall–Kier alpha value is -2.76. The van der Waals surface area contributed by atoms with Crippen LogP contribution in [0.2, 0.25) is 0 Å². The van der Waals surface area contributed by atoms with Crippen LogP contribution >= 0.6 is 0 Å². The van der Waals surface area contributed by atoms with Crippen molar-refractivity contribution in [3.63, 3.8) is 0 Å². The lowest BCUT2D eigenvalue weighted by atomic mass is 10.1. The predicted octanol–water partition coefficient (Wildman–Crippen LogP) is 2.31. The molecule has 0 atom stereocenters. The number of aromatic nitrogens is 1. The van der Waals surface area contributed by atoms with Crippen molar-refractivity contribution in [2.24, 2.45) is 0 Å². The molecule has 1 aromatic carbocycles. The zero-order valence-electron chi connectivity index (χ0n) is 15.6. The van der Waals surface area contributed by atoms with Crippen LogP contribution in [0, 0.1) is 6.92 Å². The molecule has 0 bridgehead atoms. The fraction of sp³-hybridized carbons (Fsp3) is 0.400. The van der Waals surface area contributed by atoms with Crippen molar-refractivity contribution < 1.29 is 14.3 Å². The molecule has 6 heteroatoms. The Kier molecular flexibility index (Phi) is 7.26. The molecule has 1 aromatic heterocycles. The molecule has 26 heavy (non-hydrogen) atoms. The quantitative estimate of drug-likeness (QED) is 0.699. The lowest BCUT2D eigenvalue weighted by molar-refractivity contribution is -0.121. The predicted molar refractivity (Wildman–Crippen MR) is 101 cm³/mol. The number of pyridine rings is 1. The zero-order chi connectivity index (χ0) is 18.9. The molecule has 2 rings (SSSR count). The molecule has 0 aliphatic rings. The summed E-state index contributed by atoms with van der Waals surface area (Å²) >= 11 is 0. The van der Waals surface area contributed by atoms with Crippen molar-refractivity contribution in [2.45, 2.75) is 32.7 Å². The fourth-order valence-corrected chi connectivity index (χ4v) is 2.65. The van der Waals surface area contributed by atoms with Crippen LogP contribution in [0.15, 0.2) is 41.3 Å². The van der Waals surface area contributed by atoms with Crippen molar-refractivity contribution in [3.05, 3.63) is 58.0 Å². The minimum Gasteiger partial charge on any atom is -0.493 e. The van der Waals surface area contributed by atoms with E-state index in [4.69, 9.17) is 9.47 Å². The Morgan fingerprint density at radius 2 is 1.88 bits per heavy atom. The van der Waals surface area contributed by atoms with E-state index in [1.807, 2.05) is 31.2 Å². The molecule has 0 unspecified atom stereocenters. The van der Waals surface area contributed by atoms with Crippen molar-refractivity contribution in [3.8, 4) is 11.5 Å². The number of nitrogens with one attached hydrogen (secondary N) is 1. The number of rotatable bonds is 9. The topological polar surface area (TPSA) is 69.6 Å². The Morgan fingerprint density at radius 1 is 1.12 bits per heavy atom. The molecule has 0 saturated carbocycles. The first-order valence-electron chi connectivity index (χ1n) is 8.68. The Bertz CT molecular complexity index is 799. The summed E-state index contributed by atoms with van der Waals surface area (Å²) in [7, 11) is 3.18. The van der Waals surface area contributed by atoms with E-state index in [1.54, 1.807) is 31.0 Å². The molecular formula is C20H26N2O4. The Balaban J connectivity index is 1.73. The van der Waals surface area contributed by atoms with Crippen LogP contribution in [0.1, 0.15) is 24.0 Å². The maximum absolute atomic E-state index is 12.0. The van der Waals surface area contributed by atoms with Gasteiger partial charge in [0.15, 0.2) is 11.5 Å². The number of amides is 1. The molecule has 1 amide bonds. The van der Waals surface area contributed by atoms with Gasteiger partial charge in [-0.25, -0.2) is 0 Å². The van der Waals surface area contributed by atoms with E-state index in [0.29, 0.717) is 43.9 Å². The number of hydrogen-bond donors (Lipinski definition) is 1. The van der Waals surface area contributed by atoms with Crippen molar-refractivity contribution >= 4 is 5.91 Å². The maximum atomic E-state index is 12.0. The van der Waals surface area contributed by atoms with E-state index in [-0.39, 0.29) is 11.5 Å². The van der Waals surface area contributed by atoms with Gasteiger partial charge in [0.05, 0.1) is 14.2 Å². The molecule has 0 spiro atoms. The number of ether oxygens (including phenoxy) is 2. The first kappa shape index (κ1) is 19.6. The van der Waals surface area contributed by atoms with Crippen LogP contribution in [0.5, 0.6) is 11.5 Å². The zero-order valence-corrected chi connectivity index (χ0v) is 15.6. The largest absolute Gasteiger partial charge is 0.493 e. The molecule has 1 heterocycles. The summed E-state index contributed by atoms with van der Waals surface area (Å²) in [6, 6.07) is 9.17. The fourth-order valence-electron chi connectivity index (χ4n) is 2.65. The van der Waals surface area contributed by atoms with Gasteiger partial charge in [-0.3, -0.25) is 9.59 Å². The van der Waals surface area contributed by atoms with Crippen molar-refractivity contribution in [1.82, 2.24) is 9.88 Å². The minimum absolute atomic E-state index is 0.00367. The molecule has 140 valence electrons.